The van der Waals surface area contributed by atoms with Gasteiger partial charge in [-0.3, -0.25) is 0 Å². The van der Waals surface area contributed by atoms with Crippen molar-refractivity contribution in [2.75, 3.05) is 19.8 Å². The predicted molar refractivity (Wildman–Crippen MR) is 68.6 cm³/mol. The summed E-state index contributed by atoms with van der Waals surface area (Å²) in [5, 5.41) is 76.5. The summed E-state index contributed by atoms with van der Waals surface area (Å²) in [5.41, 5.74) is 0. The van der Waals surface area contributed by atoms with E-state index in [1.54, 1.807) is 0 Å². The molecule has 8 N–H and O–H groups in total. The molecule has 0 spiro atoms. The first kappa shape index (κ1) is 18.9. The molecule has 2 saturated heterocycles. The molecule has 0 aromatic heterocycles. The predicted octanol–water partition coefficient (Wildman–Crippen LogP) is -5.40. The van der Waals surface area contributed by atoms with Gasteiger partial charge in [-0.1, -0.05) is 0 Å². The molecule has 0 saturated carbocycles. The Kier molecular flexibility index (Phi) is 5.92. The molecule has 23 heavy (non-hydrogen) atoms. The Balaban J connectivity index is 2.13. The molecule has 11 nitrogen and oxygen atoms in total. The van der Waals surface area contributed by atoms with Crippen LogP contribution in [0.15, 0.2) is 0 Å². The summed E-state index contributed by atoms with van der Waals surface area (Å²) in [6, 6.07) is 0. The summed E-state index contributed by atoms with van der Waals surface area (Å²) in [6.07, 6.45) is -12.2. The second-order valence-electron chi connectivity index (χ2n) is 5.58. The molecule has 0 aliphatic carbocycles. The van der Waals surface area contributed by atoms with Gasteiger partial charge in [-0.25, -0.2) is 0 Å². The van der Waals surface area contributed by atoms with Gasteiger partial charge in [-0.05, 0) is 0 Å². The van der Waals surface area contributed by atoms with Crippen LogP contribution in [0, 0.1) is 0 Å². The fourth-order valence-corrected chi connectivity index (χ4v) is 2.63. The highest BCUT2D eigenvalue weighted by Gasteiger charge is 2.56. The lowest BCUT2D eigenvalue weighted by Crippen LogP contribution is -2.60. The van der Waals surface area contributed by atoms with Crippen molar-refractivity contribution in [1.82, 2.24) is 0 Å². The Bertz CT molecular complexity index is 393. The normalized spacial score (nSPS) is 51.1. The Morgan fingerprint density at radius 3 is 2.00 bits per heavy atom. The minimum Gasteiger partial charge on any atom is -0.394 e. The van der Waals surface area contributed by atoms with Gasteiger partial charge in [-0.15, -0.1) is 0 Å². The van der Waals surface area contributed by atoms with Crippen LogP contribution in [0.2, 0.25) is 0 Å². The first-order chi connectivity index (χ1) is 10.8. The molecule has 0 bridgehead atoms. The molecule has 0 amide bonds. The molecule has 136 valence electrons. The van der Waals surface area contributed by atoms with Crippen LogP contribution in [-0.4, -0.2) is 115 Å². The van der Waals surface area contributed by atoms with E-state index in [9.17, 15) is 30.6 Å². The zero-order valence-corrected chi connectivity index (χ0v) is 12.0. The molecule has 2 aliphatic rings. The Morgan fingerprint density at radius 2 is 1.48 bits per heavy atom. The first-order valence-electron chi connectivity index (χ1n) is 7.05. The molecule has 2 aliphatic heterocycles. The zero-order valence-electron chi connectivity index (χ0n) is 12.0. The number of hydrogen-bond acceptors (Lipinski definition) is 11. The Hall–Kier alpha value is -0.440. The maximum Gasteiger partial charge on any atom is 0.219 e. The van der Waals surface area contributed by atoms with Crippen LogP contribution in [0.4, 0.5) is 0 Å². The number of aliphatic hydroxyl groups excluding tert-OH is 7. The van der Waals surface area contributed by atoms with Gasteiger partial charge in [0.2, 0.25) is 5.79 Å². The van der Waals surface area contributed by atoms with Crippen molar-refractivity contribution in [2.24, 2.45) is 0 Å². The van der Waals surface area contributed by atoms with E-state index in [1.807, 2.05) is 0 Å². The lowest BCUT2D eigenvalue weighted by Gasteiger charge is -2.41. The number of hydrogen-bond donors (Lipinski definition) is 8. The minimum atomic E-state index is -2.37. The van der Waals surface area contributed by atoms with Gasteiger partial charge < -0.3 is 55.1 Å². The summed E-state index contributed by atoms with van der Waals surface area (Å²) in [7, 11) is 0. The zero-order chi connectivity index (χ0) is 17.4. The molecule has 2 rings (SSSR count). The van der Waals surface area contributed by atoms with Crippen LogP contribution in [0.25, 0.3) is 0 Å². The summed E-state index contributed by atoms with van der Waals surface area (Å²) < 4.78 is 15.3. The number of ether oxygens (including phenoxy) is 3. The molecule has 2 heterocycles. The molecule has 0 aromatic carbocycles. The van der Waals surface area contributed by atoms with Crippen molar-refractivity contribution in [3.05, 3.63) is 0 Å². The van der Waals surface area contributed by atoms with Crippen molar-refractivity contribution in [3.8, 4) is 0 Å². The fraction of sp³-hybridized carbons (Fsp3) is 1.00. The Labute approximate surface area is 130 Å². The van der Waals surface area contributed by atoms with Crippen molar-refractivity contribution in [1.29, 1.82) is 0 Å². The van der Waals surface area contributed by atoms with E-state index in [1.165, 1.54) is 0 Å². The van der Waals surface area contributed by atoms with Crippen molar-refractivity contribution in [2.45, 2.75) is 54.8 Å². The van der Waals surface area contributed by atoms with Gasteiger partial charge in [-0.2, -0.15) is 0 Å². The molecule has 11 heteroatoms. The molecule has 1 unspecified atom stereocenters. The highest BCUT2D eigenvalue weighted by molar-refractivity contribution is 4.98. The Morgan fingerprint density at radius 1 is 0.870 bits per heavy atom. The smallest absolute Gasteiger partial charge is 0.219 e. The van der Waals surface area contributed by atoms with E-state index in [0.717, 1.165) is 0 Å². The standard InChI is InChI=1S/C12H22O11/c13-1-4-6(16)7(17)8(18)11(21-4)22-9-5(2-14)23-12(20,3-15)10(9)19/h4-11,13-20H,1-3H2/t4-,5-,6+,7+,8-,9-,10+,11+,12?/m1/s1/i3+1. The second kappa shape index (κ2) is 7.21. The molecule has 9 atom stereocenters. The van der Waals surface area contributed by atoms with E-state index in [2.05, 4.69) is 0 Å². The lowest BCUT2D eigenvalue weighted by molar-refractivity contribution is -0.318. The van der Waals surface area contributed by atoms with E-state index < -0.39 is 74.6 Å². The van der Waals surface area contributed by atoms with Crippen molar-refractivity contribution in [3.63, 3.8) is 0 Å². The quantitative estimate of drug-likeness (QED) is 0.222. The molecule has 0 aromatic rings. The number of aliphatic hydroxyl groups is 8. The first-order valence-corrected chi connectivity index (χ1v) is 7.05. The SMILES string of the molecule is OC[C@H]1O[C@@H](O[C@@H]2[C@@H](CO)OC(O)([13CH2]O)[C@H]2O)[C@H](O)[C@@H](O)[C@H]1O. The van der Waals surface area contributed by atoms with Crippen molar-refractivity contribution < 1.29 is 55.1 Å². The highest BCUT2D eigenvalue weighted by atomic mass is 16.7. The largest absolute Gasteiger partial charge is 0.394 e. The van der Waals surface area contributed by atoms with E-state index in [-0.39, 0.29) is 0 Å². The minimum absolute atomic E-state index is 0.668. The topological polar surface area (TPSA) is 190 Å². The second-order valence-corrected chi connectivity index (χ2v) is 5.58. The maximum atomic E-state index is 10.00. The third kappa shape index (κ3) is 3.36. The monoisotopic (exact) mass is 343 g/mol. The molecule has 0 radical (unpaired) electrons. The summed E-state index contributed by atoms with van der Waals surface area (Å²) in [5.74, 6) is -2.37. The lowest BCUT2D eigenvalue weighted by atomic mass is 9.99. The van der Waals surface area contributed by atoms with Gasteiger partial charge in [0.25, 0.3) is 0 Å². The van der Waals surface area contributed by atoms with Crippen LogP contribution >= 0.6 is 0 Å². The van der Waals surface area contributed by atoms with E-state index in [0.29, 0.717) is 0 Å². The third-order valence-electron chi connectivity index (χ3n) is 4.04. The van der Waals surface area contributed by atoms with Crippen LogP contribution in [0.1, 0.15) is 0 Å². The number of rotatable bonds is 5. The van der Waals surface area contributed by atoms with Gasteiger partial charge >= 0.3 is 0 Å². The molecule has 2 fully saturated rings. The van der Waals surface area contributed by atoms with Crippen molar-refractivity contribution >= 4 is 0 Å². The maximum absolute atomic E-state index is 10.00. The van der Waals surface area contributed by atoms with Crippen LogP contribution in [0.5, 0.6) is 0 Å². The average molecular weight is 343 g/mol. The van der Waals surface area contributed by atoms with Crippen LogP contribution in [-0.2, 0) is 14.2 Å². The van der Waals surface area contributed by atoms with Gasteiger partial charge in [0.1, 0.15) is 42.7 Å². The summed E-state index contributed by atoms with van der Waals surface area (Å²) in [4.78, 5) is 0. The highest BCUT2D eigenvalue weighted by Crippen LogP contribution is 2.33. The molecular weight excluding hydrogens is 321 g/mol. The van der Waals surface area contributed by atoms with E-state index >= 15 is 0 Å². The third-order valence-corrected chi connectivity index (χ3v) is 4.04. The van der Waals surface area contributed by atoms with Gasteiger partial charge in [0, 0.05) is 0 Å². The summed E-state index contributed by atoms with van der Waals surface area (Å²) in [6.45, 7) is -2.32. The van der Waals surface area contributed by atoms with Gasteiger partial charge in [0.05, 0.1) is 19.8 Å². The van der Waals surface area contributed by atoms with Gasteiger partial charge in [0.15, 0.2) is 6.29 Å². The molecular formula is C12H22O11. The van der Waals surface area contributed by atoms with E-state index in [4.69, 9.17) is 24.4 Å². The van der Waals surface area contributed by atoms with Crippen LogP contribution < -0.4 is 0 Å². The van der Waals surface area contributed by atoms with Crippen LogP contribution in [0.3, 0.4) is 0 Å². The summed E-state index contributed by atoms with van der Waals surface area (Å²) >= 11 is 0. The fourth-order valence-electron chi connectivity index (χ4n) is 2.63. The average Bonchev–Trinajstić information content (AvgIpc) is 2.80.